The number of carbonyl (C=O) groups is 1. The number of hydrogen-bond donors (Lipinski definition) is 0. The third-order valence-corrected chi connectivity index (χ3v) is 4.35. The van der Waals surface area contributed by atoms with E-state index < -0.39 is 0 Å². The Balaban J connectivity index is 2.27. The highest BCUT2D eigenvalue weighted by Crippen LogP contribution is 2.33. The van der Waals surface area contributed by atoms with E-state index in [4.69, 9.17) is 4.74 Å². The Hall–Kier alpha value is -0.940. The third kappa shape index (κ3) is 3.20. The predicted octanol–water partition coefficient (Wildman–Crippen LogP) is 3.99. The second-order valence-corrected chi connectivity index (χ2v) is 6.48. The molecular formula is C15H18BrNO2S. The standard InChI is InChI=1S/C15H18BrNO2S/c1-10-4-7-14(17(2)15(10)18)12-6-5-11(8-13(12)16)19-9-20-3/h5-8,10H,4,9H2,1-3H3. The van der Waals surface area contributed by atoms with Crippen LogP contribution in [-0.4, -0.2) is 30.0 Å². The van der Waals surface area contributed by atoms with E-state index in [2.05, 4.69) is 22.0 Å². The van der Waals surface area contributed by atoms with E-state index in [0.717, 1.165) is 27.9 Å². The highest BCUT2D eigenvalue weighted by molar-refractivity contribution is 9.10. The normalized spacial score (nSPS) is 19.0. The lowest BCUT2D eigenvalue weighted by Crippen LogP contribution is -2.33. The van der Waals surface area contributed by atoms with Crippen molar-refractivity contribution in [2.75, 3.05) is 19.2 Å². The van der Waals surface area contributed by atoms with Crippen molar-refractivity contribution < 1.29 is 9.53 Å². The molecule has 0 fully saturated rings. The summed E-state index contributed by atoms with van der Waals surface area (Å²) < 4.78 is 6.52. The van der Waals surface area contributed by atoms with Crippen LogP contribution in [0, 0.1) is 5.92 Å². The van der Waals surface area contributed by atoms with Crippen LogP contribution >= 0.6 is 27.7 Å². The average Bonchev–Trinajstić information content (AvgIpc) is 2.44. The Kier molecular flexibility index (Phi) is 5.16. The molecule has 108 valence electrons. The Morgan fingerprint density at radius 1 is 1.50 bits per heavy atom. The van der Waals surface area contributed by atoms with E-state index in [-0.39, 0.29) is 11.8 Å². The van der Waals surface area contributed by atoms with Gasteiger partial charge >= 0.3 is 0 Å². The number of amides is 1. The number of nitrogens with zero attached hydrogens (tertiary/aromatic N) is 1. The van der Waals surface area contributed by atoms with Crippen LogP contribution in [0.3, 0.4) is 0 Å². The van der Waals surface area contributed by atoms with Crippen molar-refractivity contribution in [3.05, 3.63) is 34.3 Å². The number of benzene rings is 1. The Morgan fingerprint density at radius 2 is 2.25 bits per heavy atom. The maximum atomic E-state index is 12.1. The molecule has 0 aromatic heterocycles. The number of carbonyl (C=O) groups excluding carboxylic acids is 1. The summed E-state index contributed by atoms with van der Waals surface area (Å²) in [6.07, 6.45) is 4.91. The minimum absolute atomic E-state index is 0.0618. The van der Waals surface area contributed by atoms with Crippen molar-refractivity contribution in [1.29, 1.82) is 0 Å². The molecule has 0 radical (unpaired) electrons. The van der Waals surface area contributed by atoms with Gasteiger partial charge in [-0.2, -0.15) is 0 Å². The summed E-state index contributed by atoms with van der Waals surface area (Å²) in [5, 5.41) is 0. The fourth-order valence-corrected chi connectivity index (χ4v) is 3.00. The van der Waals surface area contributed by atoms with Crippen LogP contribution in [0.2, 0.25) is 0 Å². The summed E-state index contributed by atoms with van der Waals surface area (Å²) in [5.41, 5.74) is 1.97. The maximum Gasteiger partial charge on any atom is 0.229 e. The SMILES string of the molecule is CSCOc1ccc(C2=CCC(C)C(=O)N2C)c(Br)c1. The first-order valence-corrected chi connectivity index (χ1v) is 8.62. The molecule has 1 aliphatic rings. The number of allylic oxidation sites excluding steroid dienone is 1. The summed E-state index contributed by atoms with van der Waals surface area (Å²) >= 11 is 5.21. The zero-order valence-electron chi connectivity index (χ0n) is 11.9. The molecule has 0 aliphatic carbocycles. The first kappa shape index (κ1) is 15.4. The van der Waals surface area contributed by atoms with Crippen LogP contribution in [-0.2, 0) is 4.79 Å². The minimum atomic E-state index is 0.0618. The first-order chi connectivity index (χ1) is 9.54. The molecule has 1 aliphatic heterocycles. The van der Waals surface area contributed by atoms with E-state index in [1.165, 1.54) is 0 Å². The van der Waals surface area contributed by atoms with Gasteiger partial charge in [-0.05, 0) is 46.8 Å². The molecule has 5 heteroatoms. The van der Waals surface area contributed by atoms with Crippen molar-refractivity contribution in [3.63, 3.8) is 0 Å². The summed E-state index contributed by atoms with van der Waals surface area (Å²) in [6, 6.07) is 5.88. The average molecular weight is 356 g/mol. The summed E-state index contributed by atoms with van der Waals surface area (Å²) in [7, 11) is 1.83. The van der Waals surface area contributed by atoms with Crippen LogP contribution < -0.4 is 4.74 Å². The lowest BCUT2D eigenvalue weighted by atomic mass is 9.98. The zero-order chi connectivity index (χ0) is 14.7. The Morgan fingerprint density at radius 3 is 2.90 bits per heavy atom. The second kappa shape index (κ2) is 6.68. The fourth-order valence-electron chi connectivity index (χ4n) is 2.19. The van der Waals surface area contributed by atoms with E-state index in [0.29, 0.717) is 5.94 Å². The van der Waals surface area contributed by atoms with E-state index in [9.17, 15) is 4.79 Å². The van der Waals surface area contributed by atoms with Gasteiger partial charge in [0.15, 0.2) is 0 Å². The van der Waals surface area contributed by atoms with Crippen molar-refractivity contribution in [3.8, 4) is 5.75 Å². The van der Waals surface area contributed by atoms with Crippen LogP contribution in [0.15, 0.2) is 28.7 Å². The molecule has 1 unspecified atom stereocenters. The number of ether oxygens (including phenoxy) is 1. The van der Waals surface area contributed by atoms with E-state index in [1.54, 1.807) is 16.7 Å². The van der Waals surface area contributed by atoms with Crippen LogP contribution in [0.4, 0.5) is 0 Å². The molecule has 2 rings (SSSR count). The molecule has 0 spiro atoms. The quantitative estimate of drug-likeness (QED) is 0.764. The van der Waals surface area contributed by atoms with E-state index >= 15 is 0 Å². The van der Waals surface area contributed by atoms with Gasteiger partial charge in [-0.25, -0.2) is 0 Å². The van der Waals surface area contributed by atoms with Gasteiger partial charge in [-0.1, -0.05) is 13.0 Å². The summed E-state index contributed by atoms with van der Waals surface area (Å²) in [6.45, 7) is 1.96. The lowest BCUT2D eigenvalue weighted by Gasteiger charge is -2.29. The van der Waals surface area contributed by atoms with Crippen LogP contribution in [0.1, 0.15) is 18.9 Å². The Labute approximate surface area is 132 Å². The molecule has 1 aromatic carbocycles. The molecule has 0 bridgehead atoms. The molecule has 0 N–H and O–H groups in total. The molecule has 1 atom stereocenters. The van der Waals surface area contributed by atoms with Gasteiger partial charge in [-0.15, -0.1) is 11.8 Å². The molecule has 1 amide bonds. The molecule has 0 saturated carbocycles. The van der Waals surface area contributed by atoms with Crippen molar-refractivity contribution in [2.45, 2.75) is 13.3 Å². The van der Waals surface area contributed by atoms with Gasteiger partial charge in [-0.3, -0.25) is 4.79 Å². The minimum Gasteiger partial charge on any atom is -0.483 e. The fraction of sp³-hybridized carbons (Fsp3) is 0.400. The molecule has 3 nitrogen and oxygen atoms in total. The zero-order valence-corrected chi connectivity index (χ0v) is 14.3. The highest BCUT2D eigenvalue weighted by atomic mass is 79.9. The highest BCUT2D eigenvalue weighted by Gasteiger charge is 2.26. The summed E-state index contributed by atoms with van der Waals surface area (Å²) in [5.74, 6) is 1.68. The van der Waals surface area contributed by atoms with Gasteiger partial charge in [0.1, 0.15) is 11.7 Å². The molecule has 1 aromatic rings. The molecular weight excluding hydrogens is 338 g/mol. The largest absolute Gasteiger partial charge is 0.483 e. The van der Waals surface area contributed by atoms with Crippen molar-refractivity contribution in [2.24, 2.45) is 5.92 Å². The topological polar surface area (TPSA) is 29.5 Å². The second-order valence-electron chi connectivity index (χ2n) is 4.82. The molecule has 1 heterocycles. The number of hydrogen-bond acceptors (Lipinski definition) is 3. The predicted molar refractivity (Wildman–Crippen MR) is 87.7 cm³/mol. The lowest BCUT2D eigenvalue weighted by molar-refractivity contribution is -0.131. The van der Waals surface area contributed by atoms with Crippen LogP contribution in [0.25, 0.3) is 5.70 Å². The maximum absolute atomic E-state index is 12.1. The third-order valence-electron chi connectivity index (χ3n) is 3.34. The Bertz CT molecular complexity index is 545. The van der Waals surface area contributed by atoms with Gasteiger partial charge in [0.05, 0.1) is 0 Å². The number of halogens is 1. The number of rotatable bonds is 4. The van der Waals surface area contributed by atoms with Gasteiger partial charge in [0, 0.05) is 28.7 Å². The smallest absolute Gasteiger partial charge is 0.229 e. The van der Waals surface area contributed by atoms with Crippen LogP contribution in [0.5, 0.6) is 5.75 Å². The first-order valence-electron chi connectivity index (χ1n) is 6.44. The monoisotopic (exact) mass is 355 g/mol. The van der Waals surface area contributed by atoms with Crippen molar-refractivity contribution >= 4 is 39.3 Å². The van der Waals surface area contributed by atoms with Gasteiger partial charge < -0.3 is 9.64 Å². The van der Waals surface area contributed by atoms with E-state index in [1.807, 2.05) is 38.4 Å². The van der Waals surface area contributed by atoms with Crippen molar-refractivity contribution in [1.82, 2.24) is 4.90 Å². The van der Waals surface area contributed by atoms with Gasteiger partial charge in [0.2, 0.25) is 5.91 Å². The molecule has 20 heavy (non-hydrogen) atoms. The van der Waals surface area contributed by atoms with Gasteiger partial charge in [0.25, 0.3) is 0 Å². The molecule has 0 saturated heterocycles. The number of thioether (sulfide) groups is 1. The summed E-state index contributed by atoms with van der Waals surface area (Å²) in [4.78, 5) is 13.8.